The smallest absolute Gasteiger partial charge is 0.325 e. The van der Waals surface area contributed by atoms with Crippen LogP contribution in [0.3, 0.4) is 0 Å². The summed E-state index contributed by atoms with van der Waals surface area (Å²) in [5.74, 6) is -4.48. The van der Waals surface area contributed by atoms with Gasteiger partial charge in [-0.1, -0.05) is 0 Å². The number of carbonyl (C=O) groups is 6. The lowest BCUT2D eigenvalue weighted by atomic mass is 10.1. The molecule has 0 aliphatic carbocycles. The number of nitrogens with zero attached hydrogens (tertiary/aromatic N) is 1. The Labute approximate surface area is 195 Å². The van der Waals surface area contributed by atoms with Crippen LogP contribution >= 0.6 is 11.8 Å². The van der Waals surface area contributed by atoms with Gasteiger partial charge >= 0.3 is 11.9 Å². The van der Waals surface area contributed by atoms with Gasteiger partial charge in [0.1, 0.15) is 18.1 Å². The second kappa shape index (κ2) is 13.6. The number of carboxylic acid groups (broad SMARTS) is 2. The van der Waals surface area contributed by atoms with Gasteiger partial charge in [-0.2, -0.15) is 11.8 Å². The number of hydrogen-bond donors (Lipinski definition) is 6. The van der Waals surface area contributed by atoms with E-state index < -0.39 is 72.7 Å². The maximum atomic E-state index is 12.5. The molecule has 1 rings (SSSR count). The molecule has 0 bridgehead atoms. The predicted molar refractivity (Wildman–Crippen MR) is 118 cm³/mol. The molecule has 0 aromatic rings. The molecule has 14 heteroatoms. The third-order valence-electron chi connectivity index (χ3n) is 4.96. The highest BCUT2D eigenvalue weighted by molar-refractivity contribution is 7.98. The molecule has 1 aliphatic rings. The van der Waals surface area contributed by atoms with Crippen LogP contribution in [0, 0.1) is 0 Å². The Hall–Kier alpha value is -2.87. The zero-order chi connectivity index (χ0) is 25.1. The van der Waals surface area contributed by atoms with Gasteiger partial charge in [0, 0.05) is 6.54 Å². The Bertz CT molecular complexity index is 764. The van der Waals surface area contributed by atoms with Crippen molar-refractivity contribution in [3.63, 3.8) is 0 Å². The van der Waals surface area contributed by atoms with Gasteiger partial charge in [0.05, 0.1) is 19.0 Å². The lowest BCUT2D eigenvalue weighted by Gasteiger charge is -2.26. The van der Waals surface area contributed by atoms with Crippen molar-refractivity contribution in [2.75, 3.05) is 25.1 Å². The molecular weight excluding hydrogens is 458 g/mol. The van der Waals surface area contributed by atoms with Crippen LogP contribution < -0.4 is 21.7 Å². The summed E-state index contributed by atoms with van der Waals surface area (Å²) in [6.45, 7) is 1.08. The lowest BCUT2D eigenvalue weighted by molar-refractivity contribution is -0.144. The van der Waals surface area contributed by atoms with Crippen LogP contribution in [0.1, 0.15) is 32.6 Å². The van der Waals surface area contributed by atoms with Crippen LogP contribution in [0.25, 0.3) is 0 Å². The second-order valence-corrected chi connectivity index (χ2v) is 8.57. The van der Waals surface area contributed by atoms with Gasteiger partial charge in [0.25, 0.3) is 0 Å². The predicted octanol–water partition coefficient (Wildman–Crippen LogP) is -2.28. The Morgan fingerprint density at radius 3 is 2.39 bits per heavy atom. The number of likely N-dealkylation sites (tertiary alicyclic amines) is 1. The molecule has 33 heavy (non-hydrogen) atoms. The zero-order valence-electron chi connectivity index (χ0n) is 18.5. The summed E-state index contributed by atoms with van der Waals surface area (Å²) in [5, 5.41) is 24.9. The van der Waals surface area contributed by atoms with Gasteiger partial charge in [-0.3, -0.25) is 28.8 Å². The molecule has 13 nitrogen and oxygen atoms in total. The average molecular weight is 490 g/mol. The molecule has 0 unspecified atom stereocenters. The summed E-state index contributed by atoms with van der Waals surface area (Å²) in [6.07, 6.45) is 2.37. The average Bonchev–Trinajstić information content (AvgIpc) is 3.23. The summed E-state index contributed by atoms with van der Waals surface area (Å²) < 4.78 is 0. The van der Waals surface area contributed by atoms with Crippen LogP contribution in [0.4, 0.5) is 0 Å². The minimum atomic E-state index is -1.27. The van der Waals surface area contributed by atoms with E-state index >= 15 is 0 Å². The van der Waals surface area contributed by atoms with Crippen LogP contribution in [0.2, 0.25) is 0 Å². The van der Waals surface area contributed by atoms with Crippen molar-refractivity contribution in [1.29, 1.82) is 0 Å². The SMILES string of the molecule is CSCC[C@H](NC(=O)CNC(=O)[C@@H]1CCCN1C(=O)[C@@H](N)CC(=O)O)C(=O)N[C@@H](C)C(=O)O. The van der Waals surface area contributed by atoms with E-state index in [-0.39, 0.29) is 13.0 Å². The third-order valence-corrected chi connectivity index (χ3v) is 5.61. The van der Waals surface area contributed by atoms with Crippen molar-refractivity contribution in [2.45, 2.75) is 56.8 Å². The molecule has 1 fully saturated rings. The van der Waals surface area contributed by atoms with Crippen molar-refractivity contribution in [3.8, 4) is 0 Å². The van der Waals surface area contributed by atoms with Crippen molar-refractivity contribution in [3.05, 3.63) is 0 Å². The van der Waals surface area contributed by atoms with E-state index in [1.165, 1.54) is 23.6 Å². The zero-order valence-corrected chi connectivity index (χ0v) is 19.4. The largest absolute Gasteiger partial charge is 0.481 e. The number of rotatable bonds is 13. The minimum absolute atomic E-state index is 0.245. The van der Waals surface area contributed by atoms with Crippen molar-refractivity contribution < 1.29 is 39.0 Å². The second-order valence-electron chi connectivity index (χ2n) is 7.58. The Kier molecular flexibility index (Phi) is 11.6. The molecule has 4 amide bonds. The van der Waals surface area contributed by atoms with E-state index in [0.717, 1.165) is 0 Å². The van der Waals surface area contributed by atoms with Gasteiger partial charge in [-0.15, -0.1) is 0 Å². The van der Waals surface area contributed by atoms with Crippen molar-refractivity contribution >= 4 is 47.3 Å². The van der Waals surface area contributed by atoms with E-state index in [2.05, 4.69) is 16.0 Å². The Balaban J connectivity index is 2.65. The summed E-state index contributed by atoms with van der Waals surface area (Å²) in [4.78, 5) is 72.5. The first-order chi connectivity index (χ1) is 15.5. The lowest BCUT2D eigenvalue weighted by Crippen LogP contribution is -2.54. The van der Waals surface area contributed by atoms with E-state index in [1.807, 2.05) is 6.26 Å². The molecule has 0 saturated carbocycles. The summed E-state index contributed by atoms with van der Waals surface area (Å²) >= 11 is 1.44. The fourth-order valence-electron chi connectivity index (χ4n) is 3.20. The molecule has 0 aromatic carbocycles. The Morgan fingerprint density at radius 2 is 1.82 bits per heavy atom. The molecular formula is C19H31N5O8S. The molecule has 1 aliphatic heterocycles. The summed E-state index contributed by atoms with van der Waals surface area (Å²) in [5.41, 5.74) is 5.61. The molecule has 0 aromatic heterocycles. The van der Waals surface area contributed by atoms with Gasteiger partial charge < -0.3 is 36.8 Å². The van der Waals surface area contributed by atoms with E-state index in [4.69, 9.17) is 15.9 Å². The number of carboxylic acids is 2. The highest BCUT2D eigenvalue weighted by Gasteiger charge is 2.36. The molecule has 186 valence electrons. The topological polar surface area (TPSA) is 208 Å². The maximum absolute atomic E-state index is 12.5. The van der Waals surface area contributed by atoms with Gasteiger partial charge in [0.15, 0.2) is 0 Å². The molecule has 0 radical (unpaired) electrons. The monoisotopic (exact) mass is 489 g/mol. The first-order valence-corrected chi connectivity index (χ1v) is 11.7. The first kappa shape index (κ1) is 28.2. The normalized spacial score (nSPS) is 18.0. The number of carbonyl (C=O) groups excluding carboxylic acids is 4. The molecule has 7 N–H and O–H groups in total. The third kappa shape index (κ3) is 9.26. The quantitative estimate of drug-likeness (QED) is 0.163. The summed E-state index contributed by atoms with van der Waals surface area (Å²) in [7, 11) is 0. The highest BCUT2D eigenvalue weighted by Crippen LogP contribution is 2.18. The van der Waals surface area contributed by atoms with E-state index in [0.29, 0.717) is 18.6 Å². The van der Waals surface area contributed by atoms with E-state index in [9.17, 15) is 28.8 Å². The highest BCUT2D eigenvalue weighted by atomic mass is 32.2. The van der Waals surface area contributed by atoms with Crippen LogP contribution in [-0.2, 0) is 28.8 Å². The van der Waals surface area contributed by atoms with E-state index in [1.54, 1.807) is 0 Å². The van der Waals surface area contributed by atoms with Gasteiger partial charge in [-0.05, 0) is 38.2 Å². The molecule has 0 spiro atoms. The number of amides is 4. The minimum Gasteiger partial charge on any atom is -0.481 e. The molecule has 1 saturated heterocycles. The standard InChI is InChI=1S/C19H31N5O8S/c1-10(19(31)32)22-16(28)12(5-7-33-2)23-14(25)9-21-17(29)13-4-3-6-24(13)18(30)11(20)8-15(26)27/h10-13H,3-9,20H2,1-2H3,(H,21,29)(H,22,28)(H,23,25)(H,26,27)(H,31,32)/t10-,11-,12-,13-/m0/s1. The Morgan fingerprint density at radius 1 is 1.15 bits per heavy atom. The summed E-state index contributed by atoms with van der Waals surface area (Å²) in [6, 6.07) is -4.27. The fourth-order valence-corrected chi connectivity index (χ4v) is 3.67. The number of thioether (sulfide) groups is 1. The molecule has 4 atom stereocenters. The van der Waals surface area contributed by atoms with Crippen LogP contribution in [0.15, 0.2) is 0 Å². The van der Waals surface area contributed by atoms with Gasteiger partial charge in [-0.25, -0.2) is 0 Å². The van der Waals surface area contributed by atoms with Crippen LogP contribution in [-0.4, -0.2) is 99.9 Å². The number of nitrogens with two attached hydrogens (primary N) is 1. The fraction of sp³-hybridized carbons (Fsp3) is 0.684. The molecule has 1 heterocycles. The van der Waals surface area contributed by atoms with Gasteiger partial charge in [0.2, 0.25) is 23.6 Å². The van der Waals surface area contributed by atoms with Crippen molar-refractivity contribution in [2.24, 2.45) is 5.73 Å². The van der Waals surface area contributed by atoms with Crippen molar-refractivity contribution in [1.82, 2.24) is 20.9 Å². The first-order valence-electron chi connectivity index (χ1n) is 10.3. The van der Waals surface area contributed by atoms with Crippen LogP contribution in [0.5, 0.6) is 0 Å². The number of aliphatic carboxylic acids is 2. The number of nitrogens with one attached hydrogen (secondary N) is 3. The number of hydrogen-bond acceptors (Lipinski definition) is 8. The maximum Gasteiger partial charge on any atom is 0.325 e.